The Labute approximate surface area is 138 Å². The zero-order valence-corrected chi connectivity index (χ0v) is 14.4. The van der Waals surface area contributed by atoms with Crippen molar-refractivity contribution in [2.75, 3.05) is 14.2 Å². The summed E-state index contributed by atoms with van der Waals surface area (Å²) in [6.45, 7) is 7.61. The predicted octanol–water partition coefficient (Wildman–Crippen LogP) is 3.69. The Morgan fingerprint density at radius 3 is 2.61 bits per heavy atom. The van der Waals surface area contributed by atoms with E-state index in [2.05, 4.69) is 12.7 Å². The van der Waals surface area contributed by atoms with Gasteiger partial charge in [0.25, 0.3) is 0 Å². The summed E-state index contributed by atoms with van der Waals surface area (Å²) >= 11 is 0. The van der Waals surface area contributed by atoms with Crippen molar-refractivity contribution in [3.63, 3.8) is 0 Å². The lowest BCUT2D eigenvalue weighted by Crippen LogP contribution is -2.07. The summed E-state index contributed by atoms with van der Waals surface area (Å²) < 4.78 is 10.1. The minimum absolute atomic E-state index is 0.362. The Morgan fingerprint density at radius 2 is 2.04 bits per heavy atom. The summed E-state index contributed by atoms with van der Waals surface area (Å²) in [6.07, 6.45) is 3.74. The van der Waals surface area contributed by atoms with Gasteiger partial charge in [0, 0.05) is 0 Å². The van der Waals surface area contributed by atoms with Crippen molar-refractivity contribution in [2.24, 2.45) is 0 Å². The van der Waals surface area contributed by atoms with Crippen LogP contribution >= 0.6 is 0 Å². The molecule has 1 N–H and O–H groups in total. The molecule has 0 fully saturated rings. The lowest BCUT2D eigenvalue weighted by Gasteiger charge is -2.11. The second-order valence-corrected chi connectivity index (χ2v) is 5.67. The Hall–Kier alpha value is -2.07. The van der Waals surface area contributed by atoms with Crippen molar-refractivity contribution in [1.29, 1.82) is 0 Å². The highest BCUT2D eigenvalue weighted by molar-refractivity contribution is 5.89. The molecule has 1 rings (SSSR count). The van der Waals surface area contributed by atoms with E-state index in [4.69, 9.17) is 9.47 Å². The number of benzene rings is 1. The van der Waals surface area contributed by atoms with Gasteiger partial charge >= 0.3 is 5.97 Å². The van der Waals surface area contributed by atoms with Crippen molar-refractivity contribution < 1.29 is 19.4 Å². The minimum atomic E-state index is -0.462. The van der Waals surface area contributed by atoms with Gasteiger partial charge in [-0.25, -0.2) is 4.79 Å². The molecule has 0 saturated carbocycles. The number of ether oxygens (including phenoxy) is 2. The number of carbonyl (C=O) groups excluding carboxylic acids is 1. The number of methoxy groups -OCH3 is 2. The van der Waals surface area contributed by atoms with E-state index >= 15 is 0 Å². The van der Waals surface area contributed by atoms with Crippen LogP contribution in [0.3, 0.4) is 0 Å². The Morgan fingerprint density at radius 1 is 1.35 bits per heavy atom. The molecule has 126 valence electrons. The molecule has 1 atom stereocenters. The van der Waals surface area contributed by atoms with Gasteiger partial charge in [-0.05, 0) is 56.9 Å². The second kappa shape index (κ2) is 9.16. The van der Waals surface area contributed by atoms with Crippen molar-refractivity contribution in [1.82, 2.24) is 0 Å². The summed E-state index contributed by atoms with van der Waals surface area (Å²) in [4.78, 5) is 11.6. The van der Waals surface area contributed by atoms with E-state index in [0.717, 1.165) is 23.3 Å². The molecule has 0 unspecified atom stereocenters. The van der Waals surface area contributed by atoms with Crippen molar-refractivity contribution in [2.45, 2.75) is 39.2 Å². The molecule has 0 amide bonds. The maximum atomic E-state index is 11.6. The van der Waals surface area contributed by atoms with E-state index in [1.807, 2.05) is 13.8 Å². The van der Waals surface area contributed by atoms with Crippen molar-refractivity contribution in [3.05, 3.63) is 53.1 Å². The number of aliphatic hydroxyl groups excluding tert-OH is 1. The quantitative estimate of drug-likeness (QED) is 0.587. The smallest absolute Gasteiger partial charge is 0.337 e. The SMILES string of the molecule is C=C(C)[C@H](O)CCC(C)=CCc1cc(C(=O)OC)ccc1OC. The highest BCUT2D eigenvalue weighted by Gasteiger charge is 2.10. The number of carbonyl (C=O) groups is 1. The van der Waals surface area contributed by atoms with Gasteiger partial charge < -0.3 is 14.6 Å². The summed E-state index contributed by atoms with van der Waals surface area (Å²) in [7, 11) is 2.97. The zero-order chi connectivity index (χ0) is 17.4. The third-order valence-electron chi connectivity index (χ3n) is 3.75. The summed E-state index contributed by atoms with van der Waals surface area (Å²) in [5.41, 5.74) is 3.39. The second-order valence-electron chi connectivity index (χ2n) is 5.67. The molecule has 0 aliphatic carbocycles. The van der Waals surface area contributed by atoms with Crippen LogP contribution in [0, 0.1) is 0 Å². The van der Waals surface area contributed by atoms with Gasteiger partial charge in [-0.2, -0.15) is 0 Å². The fraction of sp³-hybridized carbons (Fsp3) is 0.421. The van der Waals surface area contributed by atoms with Crippen molar-refractivity contribution >= 4 is 5.97 Å². The molecular weight excluding hydrogens is 292 g/mol. The van der Waals surface area contributed by atoms with Crippen LogP contribution in [0.2, 0.25) is 0 Å². The molecule has 4 heteroatoms. The Balaban J connectivity index is 2.80. The fourth-order valence-corrected chi connectivity index (χ4v) is 2.18. The van der Waals surface area contributed by atoms with Gasteiger partial charge in [0.1, 0.15) is 5.75 Å². The lowest BCUT2D eigenvalue weighted by molar-refractivity contribution is 0.0600. The predicted molar refractivity (Wildman–Crippen MR) is 91.8 cm³/mol. The molecule has 0 aliphatic heterocycles. The van der Waals surface area contributed by atoms with Crippen LogP contribution < -0.4 is 4.74 Å². The van der Waals surface area contributed by atoms with Gasteiger partial charge in [-0.15, -0.1) is 0 Å². The van der Waals surface area contributed by atoms with Crippen LogP contribution in [-0.4, -0.2) is 31.4 Å². The normalized spacial score (nSPS) is 12.7. The first-order valence-electron chi connectivity index (χ1n) is 7.63. The maximum absolute atomic E-state index is 11.6. The van der Waals surface area contributed by atoms with Gasteiger partial charge in [0.05, 0.1) is 25.9 Å². The van der Waals surface area contributed by atoms with Crippen LogP contribution in [0.4, 0.5) is 0 Å². The van der Waals surface area contributed by atoms with Crippen molar-refractivity contribution in [3.8, 4) is 5.75 Å². The van der Waals surface area contributed by atoms with Crippen LogP contribution in [0.25, 0.3) is 0 Å². The van der Waals surface area contributed by atoms with Crippen LogP contribution in [0.1, 0.15) is 42.6 Å². The molecule has 4 nitrogen and oxygen atoms in total. The molecule has 0 saturated heterocycles. The van der Waals surface area contributed by atoms with Crippen LogP contribution in [0.5, 0.6) is 5.75 Å². The molecule has 0 spiro atoms. The summed E-state index contributed by atoms with van der Waals surface area (Å²) in [5, 5.41) is 9.77. The van der Waals surface area contributed by atoms with Crippen LogP contribution in [0.15, 0.2) is 42.0 Å². The average molecular weight is 318 g/mol. The molecule has 0 bridgehead atoms. The standard InChI is InChI=1S/C19H26O4/c1-13(2)17(20)10-7-14(3)6-8-15-12-16(19(21)23-5)9-11-18(15)22-4/h6,9,11-12,17,20H,1,7-8,10H2,2-5H3/t17-/m1/s1. The average Bonchev–Trinajstić information content (AvgIpc) is 2.56. The monoisotopic (exact) mass is 318 g/mol. The first-order valence-corrected chi connectivity index (χ1v) is 7.63. The summed E-state index contributed by atoms with van der Waals surface area (Å²) in [6, 6.07) is 5.25. The maximum Gasteiger partial charge on any atom is 0.337 e. The third-order valence-corrected chi connectivity index (χ3v) is 3.75. The largest absolute Gasteiger partial charge is 0.496 e. The molecule has 0 aromatic heterocycles. The van der Waals surface area contributed by atoms with Gasteiger partial charge in [-0.3, -0.25) is 0 Å². The molecule has 1 aromatic carbocycles. The number of esters is 1. The van der Waals surface area contributed by atoms with E-state index < -0.39 is 6.10 Å². The fourth-order valence-electron chi connectivity index (χ4n) is 2.18. The van der Waals surface area contributed by atoms with E-state index in [9.17, 15) is 9.90 Å². The molecule has 1 aromatic rings. The zero-order valence-electron chi connectivity index (χ0n) is 14.4. The first-order chi connectivity index (χ1) is 10.9. The molecule has 0 heterocycles. The Kier molecular flexibility index (Phi) is 7.55. The third kappa shape index (κ3) is 5.91. The highest BCUT2D eigenvalue weighted by Crippen LogP contribution is 2.22. The lowest BCUT2D eigenvalue weighted by atomic mass is 10.0. The number of hydrogen-bond donors (Lipinski definition) is 1. The van der Waals surface area contributed by atoms with E-state index in [-0.39, 0.29) is 5.97 Å². The topological polar surface area (TPSA) is 55.8 Å². The molecule has 23 heavy (non-hydrogen) atoms. The number of rotatable bonds is 8. The van der Waals surface area contributed by atoms with E-state index in [1.165, 1.54) is 12.7 Å². The van der Waals surface area contributed by atoms with Gasteiger partial charge in [-0.1, -0.05) is 23.8 Å². The molecule has 0 aliphatic rings. The van der Waals surface area contributed by atoms with E-state index in [1.54, 1.807) is 25.3 Å². The molecular formula is C19H26O4. The van der Waals surface area contributed by atoms with Crippen LogP contribution in [-0.2, 0) is 11.2 Å². The van der Waals surface area contributed by atoms with E-state index in [0.29, 0.717) is 18.4 Å². The summed E-state index contributed by atoms with van der Waals surface area (Å²) in [5.74, 6) is 0.378. The Bertz CT molecular complexity index is 587. The molecule has 0 radical (unpaired) electrons. The number of allylic oxidation sites excluding steroid dienone is 2. The minimum Gasteiger partial charge on any atom is -0.496 e. The first kappa shape index (κ1) is 19.0. The van der Waals surface area contributed by atoms with Gasteiger partial charge in [0.15, 0.2) is 0 Å². The number of aliphatic hydroxyl groups is 1. The van der Waals surface area contributed by atoms with Gasteiger partial charge in [0.2, 0.25) is 0 Å². The number of hydrogen-bond acceptors (Lipinski definition) is 4. The highest BCUT2D eigenvalue weighted by atomic mass is 16.5.